The lowest BCUT2D eigenvalue weighted by molar-refractivity contribution is -0.336. The summed E-state index contributed by atoms with van der Waals surface area (Å²) < 4.78 is 52.3. The van der Waals surface area contributed by atoms with Crippen molar-refractivity contribution in [2.24, 2.45) is 17.8 Å². The summed E-state index contributed by atoms with van der Waals surface area (Å²) >= 11 is 0. The molecule has 3 aliphatic rings. The summed E-state index contributed by atoms with van der Waals surface area (Å²) in [5.74, 6) is -1.34. The molecule has 18 atom stereocenters. The van der Waals surface area contributed by atoms with Crippen molar-refractivity contribution in [2.75, 3.05) is 40.9 Å². The maximum atomic E-state index is 14.7. The molecule has 16 nitrogen and oxygen atoms in total. The third-order valence-electron chi connectivity index (χ3n) is 15.5. The molecule has 398 valence electrons. The van der Waals surface area contributed by atoms with E-state index in [0.717, 1.165) is 17.7 Å². The van der Waals surface area contributed by atoms with Gasteiger partial charge in [-0.3, -0.25) is 9.69 Å². The van der Waals surface area contributed by atoms with Gasteiger partial charge in [-0.2, -0.15) is 0 Å². The first-order chi connectivity index (χ1) is 32.9. The van der Waals surface area contributed by atoms with E-state index in [1.807, 2.05) is 82.3 Å². The predicted octanol–water partition coefficient (Wildman–Crippen LogP) is 5.59. The lowest BCUT2D eigenvalue weighted by Gasteiger charge is -2.53. The van der Waals surface area contributed by atoms with E-state index in [4.69, 9.17) is 37.9 Å². The number of benzene rings is 2. The first kappa shape index (κ1) is 57.9. The van der Waals surface area contributed by atoms with Crippen LogP contribution in [0.15, 0.2) is 54.6 Å². The summed E-state index contributed by atoms with van der Waals surface area (Å²) in [5, 5.41) is 55.5. The molecule has 0 unspecified atom stereocenters. The number of ether oxygens (including phenoxy) is 8. The van der Waals surface area contributed by atoms with Crippen LogP contribution >= 0.6 is 0 Å². The molecule has 3 aliphatic heterocycles. The summed E-state index contributed by atoms with van der Waals surface area (Å²) in [7, 11) is 5.25. The van der Waals surface area contributed by atoms with E-state index < -0.39 is 95.5 Å². The minimum Gasteiger partial charge on any atom is -0.497 e. The van der Waals surface area contributed by atoms with Gasteiger partial charge in [0, 0.05) is 38.6 Å². The highest BCUT2D eigenvalue weighted by Crippen LogP contribution is 2.43. The summed E-state index contributed by atoms with van der Waals surface area (Å²) in [6, 6.07) is 16.6. The number of carbonyl (C=O) groups excluding carboxylic acids is 1. The lowest BCUT2D eigenvalue weighted by atomic mass is 9.75. The van der Waals surface area contributed by atoms with Crippen LogP contribution in [-0.4, -0.2) is 162 Å². The van der Waals surface area contributed by atoms with E-state index in [1.165, 1.54) is 6.92 Å². The van der Waals surface area contributed by atoms with Gasteiger partial charge >= 0.3 is 5.97 Å². The maximum absolute atomic E-state index is 14.7. The van der Waals surface area contributed by atoms with Gasteiger partial charge in [0.2, 0.25) is 0 Å². The molecule has 0 amide bonds. The van der Waals surface area contributed by atoms with E-state index in [0.29, 0.717) is 31.8 Å². The van der Waals surface area contributed by atoms with Gasteiger partial charge in [0.25, 0.3) is 0 Å². The van der Waals surface area contributed by atoms with Crippen LogP contribution in [0.1, 0.15) is 114 Å². The second-order valence-electron chi connectivity index (χ2n) is 21.4. The summed E-state index contributed by atoms with van der Waals surface area (Å²) in [6.07, 6.45) is -6.41. The topological polar surface area (TPSA) is 199 Å². The standard InChI is InChI=1S/C54H89N3O13/c1-15-26-55-32-54(62)38(8)66-44(29-52(54,10)64-14)69-45-35(5)48(51(9,60)28-33(3)30-56-37(7)47(58)53(11,61)43(16-2)68-49(59)36(45)6)70-50-46(67-41-20-18-17-19-21-41)42(27-34(4)65-50)57(12)31-39-22-24-40(63-13)25-23-39/h17-25,33-38,42-48,50,55-56,58,60-62H,15-16,26-32H2,1-14H3/t33-,34-,35+,36-,37-,38+,42+,43-,44+,45+,46-,47-,48-,50+,51-,52-,53-,54+/m1/s1. The first-order valence-electron chi connectivity index (χ1n) is 25.7. The zero-order chi connectivity index (χ0) is 51.8. The van der Waals surface area contributed by atoms with Gasteiger partial charge in [-0.15, -0.1) is 0 Å². The molecular formula is C54H89N3O13. The third kappa shape index (κ3) is 13.6. The number of para-hydroxylation sites is 1. The van der Waals surface area contributed by atoms with Crippen molar-refractivity contribution in [1.29, 1.82) is 0 Å². The Balaban J connectivity index is 1.62. The number of methoxy groups -OCH3 is 2. The Morgan fingerprint density at radius 3 is 2.16 bits per heavy atom. The van der Waals surface area contributed by atoms with Crippen molar-refractivity contribution < 1.29 is 63.1 Å². The molecule has 0 aliphatic carbocycles. The molecule has 3 saturated heterocycles. The van der Waals surface area contributed by atoms with Crippen LogP contribution in [0, 0.1) is 17.8 Å². The van der Waals surface area contributed by atoms with Crippen molar-refractivity contribution in [3.63, 3.8) is 0 Å². The van der Waals surface area contributed by atoms with Crippen molar-refractivity contribution in [3.05, 3.63) is 60.2 Å². The molecular weight excluding hydrogens is 899 g/mol. The number of likely N-dealkylation sites (N-methyl/N-ethyl adjacent to an activating group) is 1. The number of hydrogen-bond acceptors (Lipinski definition) is 16. The van der Waals surface area contributed by atoms with Crippen molar-refractivity contribution >= 4 is 5.97 Å². The smallest absolute Gasteiger partial charge is 0.311 e. The van der Waals surface area contributed by atoms with Crippen LogP contribution in [-0.2, 0) is 39.8 Å². The Kier molecular flexibility index (Phi) is 20.6. The fourth-order valence-electron chi connectivity index (χ4n) is 11.0. The predicted molar refractivity (Wildman–Crippen MR) is 267 cm³/mol. The number of rotatable bonds is 16. The van der Waals surface area contributed by atoms with Gasteiger partial charge in [0.1, 0.15) is 40.5 Å². The van der Waals surface area contributed by atoms with E-state index in [2.05, 4.69) is 29.5 Å². The van der Waals surface area contributed by atoms with Crippen molar-refractivity contribution in [2.45, 2.75) is 205 Å². The zero-order valence-electron chi connectivity index (χ0n) is 44.6. The molecule has 0 spiro atoms. The van der Waals surface area contributed by atoms with Crippen LogP contribution < -0.4 is 20.1 Å². The van der Waals surface area contributed by atoms with Gasteiger partial charge in [-0.05, 0) is 130 Å². The van der Waals surface area contributed by atoms with E-state index in [9.17, 15) is 25.2 Å². The van der Waals surface area contributed by atoms with E-state index in [-0.39, 0.29) is 43.9 Å². The Labute approximate surface area is 418 Å². The van der Waals surface area contributed by atoms with Gasteiger partial charge in [-0.1, -0.05) is 58.0 Å². The highest BCUT2D eigenvalue weighted by Gasteiger charge is 2.58. The van der Waals surface area contributed by atoms with E-state index >= 15 is 0 Å². The molecule has 0 radical (unpaired) electrons. The van der Waals surface area contributed by atoms with Crippen LogP contribution in [0.5, 0.6) is 11.5 Å². The highest BCUT2D eigenvalue weighted by molar-refractivity contribution is 5.73. The Hall–Kier alpha value is -2.97. The number of cyclic esters (lactones) is 1. The normalized spacial score (nSPS) is 40.5. The van der Waals surface area contributed by atoms with Crippen LogP contribution in [0.25, 0.3) is 0 Å². The largest absolute Gasteiger partial charge is 0.497 e. The van der Waals surface area contributed by atoms with Gasteiger partial charge in [-0.25, -0.2) is 0 Å². The van der Waals surface area contributed by atoms with Crippen LogP contribution in [0.4, 0.5) is 0 Å². The Morgan fingerprint density at radius 1 is 0.871 bits per heavy atom. The second-order valence-corrected chi connectivity index (χ2v) is 21.4. The first-order valence-corrected chi connectivity index (χ1v) is 25.7. The minimum atomic E-state index is -1.84. The average molecular weight is 988 g/mol. The number of nitrogens with one attached hydrogen (secondary N) is 2. The molecule has 0 saturated carbocycles. The molecule has 3 fully saturated rings. The number of carbonyl (C=O) groups is 1. The molecule has 3 heterocycles. The molecule has 2 aromatic carbocycles. The molecule has 70 heavy (non-hydrogen) atoms. The summed E-state index contributed by atoms with van der Waals surface area (Å²) in [5.41, 5.74) is -4.98. The number of nitrogens with zero attached hydrogens (tertiary/aromatic N) is 1. The third-order valence-corrected chi connectivity index (χ3v) is 15.5. The summed E-state index contributed by atoms with van der Waals surface area (Å²) in [6.45, 7) is 21.9. The fraction of sp³-hybridized carbons (Fsp3) is 0.759. The Morgan fingerprint density at radius 2 is 1.54 bits per heavy atom. The number of aliphatic hydroxyl groups is 4. The monoisotopic (exact) mass is 988 g/mol. The van der Waals surface area contributed by atoms with Gasteiger partial charge in [0.15, 0.2) is 18.7 Å². The van der Waals surface area contributed by atoms with Crippen LogP contribution in [0.2, 0.25) is 0 Å². The van der Waals surface area contributed by atoms with Crippen LogP contribution in [0.3, 0.4) is 0 Å². The second kappa shape index (κ2) is 24.8. The molecule has 2 aromatic rings. The van der Waals surface area contributed by atoms with Gasteiger partial charge < -0.3 is 69.0 Å². The van der Waals surface area contributed by atoms with Gasteiger partial charge in [0.05, 0.1) is 49.1 Å². The Bertz CT molecular complexity index is 1890. The molecule has 5 rings (SSSR count). The quantitative estimate of drug-likeness (QED) is 0.0898. The average Bonchev–Trinajstić information content (AvgIpc) is 3.32. The molecule has 0 aromatic heterocycles. The summed E-state index contributed by atoms with van der Waals surface area (Å²) in [4.78, 5) is 17.0. The molecule has 0 bridgehead atoms. The number of aliphatic hydroxyl groups excluding tert-OH is 1. The van der Waals surface area contributed by atoms with Crippen molar-refractivity contribution in [1.82, 2.24) is 15.5 Å². The number of esters is 1. The highest BCUT2D eigenvalue weighted by atomic mass is 16.7. The molecule has 6 N–H and O–H groups in total. The van der Waals surface area contributed by atoms with E-state index in [1.54, 1.807) is 48.8 Å². The lowest BCUT2D eigenvalue weighted by Crippen LogP contribution is -2.70. The van der Waals surface area contributed by atoms with Crippen molar-refractivity contribution in [3.8, 4) is 11.5 Å². The maximum Gasteiger partial charge on any atom is 0.311 e. The number of hydrogen-bond donors (Lipinski definition) is 6. The zero-order valence-corrected chi connectivity index (χ0v) is 44.6. The molecule has 16 heteroatoms. The fourth-order valence-corrected chi connectivity index (χ4v) is 11.0. The SMILES string of the molecule is CCCNC[C@]1(O)[C@H](C)O[C@@H](O[C@H]2[C@H](C)[C@@H](O[C@@H]3O[C@H](C)C[C@H](N(C)Cc4ccc(OC)cc4)[C@H]3Oc3ccccc3)[C@](C)(O)C[C@@H](C)CN[C@H](C)[C@@H](O)[C@](C)(O)[C@@H](CC)OC(=O)[C@@H]2C)C[C@@]1(C)OC. The minimum absolute atomic E-state index is 0.0859.